The predicted molar refractivity (Wildman–Crippen MR) is 130 cm³/mol. The maximum atomic E-state index is 13.6. The minimum absolute atomic E-state index is 0.0439. The fourth-order valence-electron chi connectivity index (χ4n) is 4.96. The highest BCUT2D eigenvalue weighted by Gasteiger charge is 2.58. The fourth-order valence-corrected chi connectivity index (χ4v) is 5.99. The molecule has 0 aromatic carbocycles. The highest BCUT2D eigenvalue weighted by atomic mass is 32.1. The first-order valence-corrected chi connectivity index (χ1v) is 13.0. The van der Waals surface area contributed by atoms with Gasteiger partial charge in [0.05, 0.1) is 5.41 Å². The highest BCUT2D eigenvalue weighted by Crippen LogP contribution is 2.56. The number of amides is 2. The number of nitrogens with zero attached hydrogens (tertiary/aromatic N) is 3. The fraction of sp³-hybridized carbons (Fsp3) is 0.800. The van der Waals surface area contributed by atoms with Gasteiger partial charge in [0.2, 0.25) is 5.91 Å². The van der Waals surface area contributed by atoms with E-state index in [1.54, 1.807) is 11.5 Å². The number of hydrogen-bond acceptors (Lipinski definition) is 4. The van der Waals surface area contributed by atoms with E-state index in [-0.39, 0.29) is 23.3 Å². The largest absolute Gasteiger partial charge is 0.298 e. The second-order valence-corrected chi connectivity index (χ2v) is 12.3. The van der Waals surface area contributed by atoms with E-state index >= 15 is 0 Å². The monoisotopic (exact) mass is 462 g/mol. The molecule has 7 heteroatoms. The molecule has 1 aromatic rings. The van der Waals surface area contributed by atoms with Crippen LogP contribution in [0.15, 0.2) is 11.2 Å². The summed E-state index contributed by atoms with van der Waals surface area (Å²) < 4.78 is 3.04. The zero-order valence-electron chi connectivity index (χ0n) is 21.1. The van der Waals surface area contributed by atoms with Crippen molar-refractivity contribution in [3.63, 3.8) is 0 Å². The summed E-state index contributed by atoms with van der Waals surface area (Å²) >= 11 is 1.57. The van der Waals surface area contributed by atoms with Crippen molar-refractivity contribution in [1.29, 1.82) is 0 Å². The van der Waals surface area contributed by atoms with E-state index in [0.717, 1.165) is 61.8 Å². The number of hydrogen-bond donors (Lipinski definition) is 1. The van der Waals surface area contributed by atoms with Gasteiger partial charge in [0.25, 0.3) is 5.91 Å². The van der Waals surface area contributed by atoms with Crippen LogP contribution in [0.25, 0.3) is 0 Å². The molecule has 2 fully saturated rings. The summed E-state index contributed by atoms with van der Waals surface area (Å²) in [7, 11) is 0. The van der Waals surface area contributed by atoms with E-state index in [4.69, 9.17) is 4.99 Å². The van der Waals surface area contributed by atoms with Crippen molar-refractivity contribution in [3.8, 4) is 0 Å². The summed E-state index contributed by atoms with van der Waals surface area (Å²) in [5.74, 6) is -0.215. The number of carbonyl (C=O) groups excluding carboxylic acids is 2. The molecule has 1 saturated heterocycles. The third-order valence-electron chi connectivity index (χ3n) is 7.79. The SMILES string of the molecule is CCCCc1cn(C(C)(C)C)sc1=NC(=O)C1(C)CCC(C(=O)NN2CCCC2)C1(C)C. The Bertz CT molecular complexity index is 902. The lowest BCUT2D eigenvalue weighted by atomic mass is 9.65. The van der Waals surface area contributed by atoms with Gasteiger partial charge >= 0.3 is 0 Å². The summed E-state index contributed by atoms with van der Waals surface area (Å²) in [6.07, 6.45) is 8.95. The van der Waals surface area contributed by atoms with Gasteiger partial charge in [0.1, 0.15) is 4.67 Å². The molecule has 1 aliphatic heterocycles. The van der Waals surface area contributed by atoms with Gasteiger partial charge in [-0.25, -0.2) is 10.0 Å². The van der Waals surface area contributed by atoms with Gasteiger partial charge < -0.3 is 0 Å². The van der Waals surface area contributed by atoms with Crippen molar-refractivity contribution in [3.05, 3.63) is 16.4 Å². The Morgan fingerprint density at radius 3 is 2.47 bits per heavy atom. The molecule has 6 nitrogen and oxygen atoms in total. The van der Waals surface area contributed by atoms with E-state index in [9.17, 15) is 9.59 Å². The van der Waals surface area contributed by atoms with E-state index < -0.39 is 10.8 Å². The van der Waals surface area contributed by atoms with Gasteiger partial charge in [-0.05, 0) is 76.2 Å². The number of nitrogens with one attached hydrogen (secondary N) is 1. The van der Waals surface area contributed by atoms with Gasteiger partial charge in [-0.1, -0.05) is 34.1 Å². The molecule has 2 unspecified atom stereocenters. The molecule has 0 spiro atoms. The Hall–Kier alpha value is -1.47. The first-order chi connectivity index (χ1) is 14.9. The van der Waals surface area contributed by atoms with Gasteiger partial charge in [-0.2, -0.15) is 0 Å². The number of rotatable bonds is 6. The third kappa shape index (κ3) is 4.89. The predicted octanol–water partition coefficient (Wildman–Crippen LogP) is 4.64. The molecule has 1 aromatic heterocycles. The normalized spacial score (nSPS) is 26.6. The molecule has 0 bridgehead atoms. The molecular formula is C25H42N4O2S. The maximum Gasteiger partial charge on any atom is 0.253 e. The zero-order chi connectivity index (χ0) is 23.7. The van der Waals surface area contributed by atoms with Crippen LogP contribution in [0.5, 0.6) is 0 Å². The standard InChI is InChI=1S/C25H42N4O2S/c1-8-9-12-18-17-29(23(2,3)4)32-21(18)26-22(31)25(7)14-13-19(24(25,5)6)20(30)27-28-15-10-11-16-28/h17,19H,8-16H2,1-7H3,(H,27,30). The van der Waals surface area contributed by atoms with Crippen LogP contribution in [-0.2, 0) is 21.5 Å². The quantitative estimate of drug-likeness (QED) is 0.669. The lowest BCUT2D eigenvalue weighted by Crippen LogP contribution is -2.49. The Labute approximate surface area is 197 Å². The number of aryl methyl sites for hydroxylation is 1. The second-order valence-electron chi connectivity index (χ2n) is 11.4. The van der Waals surface area contributed by atoms with Crippen molar-refractivity contribution in [2.24, 2.45) is 21.7 Å². The molecule has 2 aliphatic rings. The lowest BCUT2D eigenvalue weighted by Gasteiger charge is -2.39. The average Bonchev–Trinajstić information content (AvgIpc) is 3.40. The molecule has 2 atom stereocenters. The van der Waals surface area contributed by atoms with Crippen LogP contribution in [0.1, 0.15) is 92.6 Å². The molecule has 0 radical (unpaired) electrons. The number of unbranched alkanes of at least 4 members (excludes halogenated alkanes) is 1. The Morgan fingerprint density at radius 2 is 1.88 bits per heavy atom. The molecule has 32 heavy (non-hydrogen) atoms. The van der Waals surface area contributed by atoms with Crippen molar-refractivity contribution in [2.75, 3.05) is 13.1 Å². The summed E-state index contributed by atoms with van der Waals surface area (Å²) in [5.41, 5.74) is 3.10. The molecule has 1 saturated carbocycles. The van der Waals surface area contributed by atoms with E-state index in [1.807, 2.05) is 11.9 Å². The summed E-state index contributed by atoms with van der Waals surface area (Å²) in [4.78, 5) is 31.4. The van der Waals surface area contributed by atoms with Gasteiger partial charge in [-0.3, -0.25) is 19.0 Å². The highest BCUT2D eigenvalue weighted by molar-refractivity contribution is 7.04. The van der Waals surface area contributed by atoms with Crippen LogP contribution in [-0.4, -0.2) is 33.9 Å². The zero-order valence-corrected chi connectivity index (χ0v) is 21.9. The Balaban J connectivity index is 1.87. The van der Waals surface area contributed by atoms with Crippen LogP contribution in [0.4, 0.5) is 0 Å². The van der Waals surface area contributed by atoms with E-state index in [1.165, 1.54) is 0 Å². The minimum atomic E-state index is -0.654. The van der Waals surface area contributed by atoms with Crippen LogP contribution < -0.4 is 10.1 Å². The van der Waals surface area contributed by atoms with E-state index in [2.05, 4.69) is 57.1 Å². The first-order valence-electron chi connectivity index (χ1n) is 12.3. The van der Waals surface area contributed by atoms with E-state index in [0.29, 0.717) is 6.42 Å². The van der Waals surface area contributed by atoms with Crippen LogP contribution >= 0.6 is 11.5 Å². The summed E-state index contributed by atoms with van der Waals surface area (Å²) in [5, 5.41) is 2.02. The molecule has 2 amide bonds. The molecule has 1 N–H and O–H groups in total. The smallest absolute Gasteiger partial charge is 0.253 e. The average molecular weight is 463 g/mol. The molecule has 180 valence electrons. The van der Waals surface area contributed by atoms with Crippen molar-refractivity contribution < 1.29 is 9.59 Å². The Kier molecular flexibility index (Phi) is 7.40. The van der Waals surface area contributed by atoms with Crippen LogP contribution in [0, 0.1) is 16.7 Å². The van der Waals surface area contributed by atoms with Crippen LogP contribution in [0.3, 0.4) is 0 Å². The van der Waals surface area contributed by atoms with Crippen molar-refractivity contribution in [1.82, 2.24) is 14.4 Å². The topological polar surface area (TPSA) is 66.7 Å². The number of carbonyl (C=O) groups is 2. The second kappa shape index (κ2) is 9.41. The maximum absolute atomic E-state index is 13.6. The molecule has 1 aliphatic carbocycles. The third-order valence-corrected chi connectivity index (χ3v) is 9.16. The number of hydrazine groups is 1. The molecule has 3 rings (SSSR count). The van der Waals surface area contributed by atoms with Gasteiger partial charge in [0, 0.05) is 36.3 Å². The molecular weight excluding hydrogens is 420 g/mol. The summed E-state index contributed by atoms with van der Waals surface area (Å²) in [6.45, 7) is 16.7. The van der Waals surface area contributed by atoms with Crippen molar-refractivity contribution in [2.45, 2.75) is 99.0 Å². The van der Waals surface area contributed by atoms with Gasteiger partial charge in [-0.15, -0.1) is 0 Å². The lowest BCUT2D eigenvalue weighted by molar-refractivity contribution is -0.138. The summed E-state index contributed by atoms with van der Waals surface area (Å²) in [6, 6.07) is 0. The van der Waals surface area contributed by atoms with Gasteiger partial charge in [0.15, 0.2) is 0 Å². The minimum Gasteiger partial charge on any atom is -0.298 e. The first kappa shape index (κ1) is 25.2. The Morgan fingerprint density at radius 1 is 1.22 bits per heavy atom. The number of aromatic nitrogens is 1. The van der Waals surface area contributed by atoms with Crippen molar-refractivity contribution >= 4 is 23.3 Å². The van der Waals surface area contributed by atoms with Crippen LogP contribution in [0.2, 0.25) is 0 Å². The molecule has 2 heterocycles.